The molecule has 21 heavy (non-hydrogen) atoms. The highest BCUT2D eigenvalue weighted by Gasteiger charge is 2.13. The van der Waals surface area contributed by atoms with Crippen molar-refractivity contribution in [2.75, 3.05) is 18.9 Å². The van der Waals surface area contributed by atoms with Crippen molar-refractivity contribution >= 4 is 31.4 Å². The Morgan fingerprint density at radius 1 is 1.29 bits per heavy atom. The van der Waals surface area contributed by atoms with Crippen molar-refractivity contribution in [1.29, 1.82) is 0 Å². The summed E-state index contributed by atoms with van der Waals surface area (Å²) >= 11 is 1.04. The molecule has 0 unspecified atom stereocenters. The number of hydrogen-bond acceptors (Lipinski definition) is 6. The lowest BCUT2D eigenvalue weighted by atomic mass is 10.3. The molecular weight excluding hydrogens is 336 g/mol. The normalized spacial score (nSPS) is 13.0. The first-order valence-corrected chi connectivity index (χ1v) is 10.3. The fraction of sp³-hybridized carbons (Fsp3) is 0.636. The molecule has 0 bridgehead atoms. The summed E-state index contributed by atoms with van der Waals surface area (Å²) < 4.78 is 53.3. The van der Waals surface area contributed by atoms with Crippen LogP contribution in [0.3, 0.4) is 0 Å². The Morgan fingerprint density at radius 3 is 2.48 bits per heavy atom. The minimum atomic E-state index is -3.69. The summed E-state index contributed by atoms with van der Waals surface area (Å²) in [5.41, 5.74) is 0. The lowest BCUT2D eigenvalue weighted by Gasteiger charge is -2.08. The zero-order valence-electron chi connectivity index (χ0n) is 11.9. The quantitative estimate of drug-likeness (QED) is 0.659. The minimum Gasteiger partial charge on any atom is -0.378 e. The molecule has 0 spiro atoms. The predicted molar refractivity (Wildman–Crippen MR) is 82.3 cm³/mol. The van der Waals surface area contributed by atoms with E-state index >= 15 is 0 Å². The molecule has 3 N–H and O–H groups in total. The van der Waals surface area contributed by atoms with Gasteiger partial charge in [-0.2, -0.15) is 0 Å². The Kier molecular flexibility index (Phi) is 6.75. The van der Waals surface area contributed by atoms with Gasteiger partial charge < -0.3 is 4.74 Å². The monoisotopic (exact) mass is 356 g/mol. The first-order chi connectivity index (χ1) is 9.60. The predicted octanol–water partition coefficient (Wildman–Crippen LogP) is 0.282. The highest BCUT2D eigenvalue weighted by atomic mass is 32.2. The molecule has 10 heteroatoms. The van der Waals surface area contributed by atoms with Crippen LogP contribution in [0.15, 0.2) is 16.3 Å². The summed E-state index contributed by atoms with van der Waals surface area (Å²) in [6, 6.07) is 3.04. The van der Waals surface area contributed by atoms with Crippen LogP contribution >= 0.6 is 11.3 Å². The highest BCUT2D eigenvalue weighted by Crippen LogP contribution is 2.20. The highest BCUT2D eigenvalue weighted by molar-refractivity contribution is 7.91. The van der Waals surface area contributed by atoms with Crippen molar-refractivity contribution in [3.8, 4) is 0 Å². The maximum Gasteiger partial charge on any atom is 0.247 e. The van der Waals surface area contributed by atoms with E-state index in [0.717, 1.165) is 16.2 Å². The van der Waals surface area contributed by atoms with E-state index in [0.29, 0.717) is 6.42 Å². The summed E-state index contributed by atoms with van der Waals surface area (Å²) in [6.45, 7) is 4.01. The average Bonchev–Trinajstić information content (AvgIpc) is 2.76. The Labute approximate surface area is 129 Å². The summed E-state index contributed by atoms with van der Waals surface area (Å²) in [6.07, 6.45) is 0.396. The second-order valence-electron chi connectivity index (χ2n) is 4.65. The van der Waals surface area contributed by atoms with Crippen molar-refractivity contribution in [2.45, 2.75) is 30.6 Å². The number of primary sulfonamides is 1. The van der Waals surface area contributed by atoms with E-state index in [2.05, 4.69) is 4.72 Å². The van der Waals surface area contributed by atoms with Gasteiger partial charge in [-0.3, -0.25) is 0 Å². The van der Waals surface area contributed by atoms with Crippen LogP contribution in [-0.2, 0) is 31.2 Å². The molecule has 0 aliphatic heterocycles. The van der Waals surface area contributed by atoms with Gasteiger partial charge in [0.05, 0.1) is 18.5 Å². The summed E-state index contributed by atoms with van der Waals surface area (Å²) in [5.74, 6) is -0.0992. The fourth-order valence-electron chi connectivity index (χ4n) is 1.44. The minimum absolute atomic E-state index is 0.0112. The first-order valence-electron chi connectivity index (χ1n) is 6.30. The number of sulfonamides is 2. The van der Waals surface area contributed by atoms with E-state index in [1.807, 2.05) is 13.8 Å². The second-order valence-corrected chi connectivity index (χ2v) is 9.53. The molecule has 1 aromatic heterocycles. The number of ether oxygens (including phenoxy) is 1. The van der Waals surface area contributed by atoms with Gasteiger partial charge in [0.1, 0.15) is 4.21 Å². The van der Waals surface area contributed by atoms with Crippen molar-refractivity contribution in [3.63, 3.8) is 0 Å². The summed E-state index contributed by atoms with van der Waals surface area (Å²) in [7, 11) is -7.07. The maximum absolute atomic E-state index is 11.7. The second kappa shape index (κ2) is 7.65. The van der Waals surface area contributed by atoms with Crippen molar-refractivity contribution in [1.82, 2.24) is 4.72 Å². The van der Waals surface area contributed by atoms with Crippen LogP contribution in [0.25, 0.3) is 0 Å². The van der Waals surface area contributed by atoms with E-state index < -0.39 is 20.0 Å². The standard InChI is InChI=1S/C11H20N2O5S3/c1-9(2)18-7-8-20(14,15)13-6-5-10-3-4-11(19-10)21(12,16)17/h3-4,9,13H,5-8H2,1-2H3,(H2,12,16,17). The van der Waals surface area contributed by atoms with Crippen molar-refractivity contribution < 1.29 is 21.6 Å². The number of thiophene rings is 1. The maximum atomic E-state index is 11.7. The van der Waals surface area contributed by atoms with Crippen molar-refractivity contribution in [3.05, 3.63) is 17.0 Å². The number of nitrogens with two attached hydrogens (primary N) is 1. The van der Waals surface area contributed by atoms with Gasteiger partial charge in [-0.1, -0.05) is 0 Å². The van der Waals surface area contributed by atoms with E-state index in [4.69, 9.17) is 9.88 Å². The molecule has 0 aliphatic rings. The topological polar surface area (TPSA) is 116 Å². The van der Waals surface area contributed by atoms with Crippen LogP contribution in [0.2, 0.25) is 0 Å². The zero-order valence-corrected chi connectivity index (χ0v) is 14.4. The van der Waals surface area contributed by atoms with E-state index in [-0.39, 0.29) is 29.2 Å². The molecule has 7 nitrogen and oxygen atoms in total. The van der Waals surface area contributed by atoms with Gasteiger partial charge in [0, 0.05) is 11.4 Å². The van der Waals surface area contributed by atoms with Gasteiger partial charge in [0.25, 0.3) is 0 Å². The smallest absolute Gasteiger partial charge is 0.247 e. The molecule has 1 aromatic rings. The molecule has 0 atom stereocenters. The van der Waals surface area contributed by atoms with Crippen LogP contribution in [0.4, 0.5) is 0 Å². The van der Waals surface area contributed by atoms with E-state index in [9.17, 15) is 16.8 Å². The molecule has 0 aromatic carbocycles. The van der Waals surface area contributed by atoms with E-state index in [1.54, 1.807) is 6.07 Å². The molecule has 0 fully saturated rings. The molecule has 0 saturated heterocycles. The van der Waals surface area contributed by atoms with Gasteiger partial charge >= 0.3 is 0 Å². The third-order valence-corrected chi connectivity index (χ3v) is 6.35. The Hall–Kier alpha value is -0.520. The average molecular weight is 356 g/mol. The third kappa shape index (κ3) is 7.34. The molecule has 0 amide bonds. The molecular formula is C11H20N2O5S3. The van der Waals surface area contributed by atoms with Crippen LogP contribution in [0.5, 0.6) is 0 Å². The SMILES string of the molecule is CC(C)OCCS(=O)(=O)NCCc1ccc(S(N)(=O)=O)s1. The molecule has 1 heterocycles. The van der Waals surface area contributed by atoms with Crippen LogP contribution < -0.4 is 9.86 Å². The molecule has 0 radical (unpaired) electrons. The van der Waals surface area contributed by atoms with Gasteiger partial charge in [-0.05, 0) is 32.4 Å². The number of nitrogens with one attached hydrogen (secondary N) is 1. The summed E-state index contributed by atoms with van der Waals surface area (Å²) in [5, 5.41) is 5.00. The van der Waals surface area contributed by atoms with Crippen LogP contribution in [0, 0.1) is 0 Å². The van der Waals surface area contributed by atoms with Crippen LogP contribution in [-0.4, -0.2) is 41.8 Å². The Morgan fingerprint density at radius 2 is 1.95 bits per heavy atom. The van der Waals surface area contributed by atoms with Gasteiger partial charge in [-0.25, -0.2) is 26.7 Å². The van der Waals surface area contributed by atoms with Crippen molar-refractivity contribution in [2.24, 2.45) is 5.14 Å². The number of rotatable bonds is 9. The van der Waals surface area contributed by atoms with E-state index in [1.165, 1.54) is 6.07 Å². The lowest BCUT2D eigenvalue weighted by Crippen LogP contribution is -2.30. The molecule has 0 aliphatic carbocycles. The van der Waals surface area contributed by atoms with Gasteiger partial charge in [-0.15, -0.1) is 11.3 Å². The largest absolute Gasteiger partial charge is 0.378 e. The van der Waals surface area contributed by atoms with Crippen LogP contribution in [0.1, 0.15) is 18.7 Å². The Bertz CT molecular complexity index is 649. The molecule has 1 rings (SSSR count). The first kappa shape index (κ1) is 18.5. The fourth-order valence-corrected chi connectivity index (χ4v) is 4.09. The summed E-state index contributed by atoms with van der Waals surface area (Å²) in [4.78, 5) is 0.750. The third-order valence-electron chi connectivity index (χ3n) is 2.41. The lowest BCUT2D eigenvalue weighted by molar-refractivity contribution is 0.0911. The zero-order chi connectivity index (χ0) is 16.1. The molecule has 122 valence electrons. The van der Waals surface area contributed by atoms with Gasteiger partial charge in [0.15, 0.2) is 0 Å². The molecule has 0 saturated carbocycles. The van der Waals surface area contributed by atoms with Gasteiger partial charge in [0.2, 0.25) is 20.0 Å². The Balaban J connectivity index is 2.41. The number of hydrogen-bond donors (Lipinski definition) is 2.